The SMILES string of the molecule is COc1ccc(C=CC(=O)Nc2c(C)nn(Cc3c(F)c(F)c(F)c(F)c3F)c2C)cc1COc1ccc(Cl)cc1. The van der Waals surface area contributed by atoms with Crippen LogP contribution in [0.1, 0.15) is 28.1 Å². The molecule has 3 aromatic carbocycles. The zero-order valence-electron chi connectivity index (χ0n) is 22.0. The highest BCUT2D eigenvalue weighted by Crippen LogP contribution is 2.27. The summed E-state index contributed by atoms with van der Waals surface area (Å²) in [6, 6.07) is 12.1. The molecule has 0 fully saturated rings. The number of nitrogens with one attached hydrogen (secondary N) is 1. The highest BCUT2D eigenvalue weighted by atomic mass is 35.5. The van der Waals surface area contributed by atoms with Crippen LogP contribution in [-0.2, 0) is 17.9 Å². The molecule has 0 saturated heterocycles. The number of aromatic nitrogens is 2. The van der Waals surface area contributed by atoms with Crippen LogP contribution >= 0.6 is 11.6 Å². The maximum atomic E-state index is 14.2. The number of hydrogen-bond donors (Lipinski definition) is 1. The second-order valence-electron chi connectivity index (χ2n) is 8.89. The molecule has 12 heteroatoms. The van der Waals surface area contributed by atoms with Crippen molar-refractivity contribution in [2.75, 3.05) is 12.4 Å². The summed E-state index contributed by atoms with van der Waals surface area (Å²) in [5.41, 5.74) is 1.12. The summed E-state index contributed by atoms with van der Waals surface area (Å²) >= 11 is 5.90. The fourth-order valence-corrected chi connectivity index (χ4v) is 4.14. The van der Waals surface area contributed by atoms with Gasteiger partial charge in [-0.1, -0.05) is 17.7 Å². The molecule has 0 spiro atoms. The van der Waals surface area contributed by atoms with Crippen LogP contribution in [0.5, 0.6) is 11.5 Å². The number of aryl methyl sites for hydroxylation is 1. The van der Waals surface area contributed by atoms with Crippen molar-refractivity contribution in [1.82, 2.24) is 9.78 Å². The smallest absolute Gasteiger partial charge is 0.248 e. The molecule has 1 aromatic heterocycles. The van der Waals surface area contributed by atoms with Crippen molar-refractivity contribution < 1.29 is 36.2 Å². The van der Waals surface area contributed by atoms with E-state index < -0.39 is 47.1 Å². The molecule has 6 nitrogen and oxygen atoms in total. The Labute approximate surface area is 237 Å². The zero-order chi connectivity index (χ0) is 29.8. The topological polar surface area (TPSA) is 65.4 Å². The van der Waals surface area contributed by atoms with Gasteiger partial charge < -0.3 is 14.8 Å². The lowest BCUT2D eigenvalue weighted by Crippen LogP contribution is -2.13. The second kappa shape index (κ2) is 12.4. The van der Waals surface area contributed by atoms with Crippen molar-refractivity contribution in [3.8, 4) is 11.5 Å². The minimum Gasteiger partial charge on any atom is -0.496 e. The predicted molar refractivity (Wildman–Crippen MR) is 143 cm³/mol. The van der Waals surface area contributed by atoms with Crippen molar-refractivity contribution in [3.05, 3.63) is 111 Å². The molecule has 0 aliphatic rings. The molecule has 214 valence electrons. The van der Waals surface area contributed by atoms with E-state index in [-0.39, 0.29) is 23.7 Å². The number of methoxy groups -OCH3 is 1. The highest BCUT2D eigenvalue weighted by Gasteiger charge is 2.27. The average molecular weight is 592 g/mol. The Bertz CT molecular complexity index is 1610. The van der Waals surface area contributed by atoms with Gasteiger partial charge in [0.1, 0.15) is 18.1 Å². The van der Waals surface area contributed by atoms with Gasteiger partial charge in [-0.25, -0.2) is 22.0 Å². The quantitative estimate of drug-likeness (QED) is 0.0973. The van der Waals surface area contributed by atoms with Gasteiger partial charge in [0.15, 0.2) is 23.3 Å². The van der Waals surface area contributed by atoms with E-state index in [1.807, 2.05) is 0 Å². The summed E-state index contributed by atoms with van der Waals surface area (Å²) < 4.78 is 81.2. The van der Waals surface area contributed by atoms with Crippen LogP contribution in [-0.4, -0.2) is 22.8 Å². The van der Waals surface area contributed by atoms with Crippen molar-refractivity contribution in [3.63, 3.8) is 0 Å². The summed E-state index contributed by atoms with van der Waals surface area (Å²) in [5, 5.41) is 7.31. The summed E-state index contributed by atoms with van der Waals surface area (Å²) in [4.78, 5) is 12.7. The summed E-state index contributed by atoms with van der Waals surface area (Å²) in [6.45, 7) is 2.47. The van der Waals surface area contributed by atoms with Crippen LogP contribution in [0.2, 0.25) is 5.02 Å². The Balaban J connectivity index is 1.48. The minimum absolute atomic E-state index is 0.194. The van der Waals surface area contributed by atoms with E-state index in [4.69, 9.17) is 21.1 Å². The standard InChI is InChI=1S/C29H23ClF5N3O3/c1-15-29(16(2)38(37-15)13-21-24(31)26(33)28(35)27(34)25(21)32)36-23(39)11-5-17-4-10-22(40-3)18(12-17)14-41-20-8-6-19(30)7-9-20/h4-12H,13-14H2,1-3H3,(H,36,39). The zero-order valence-corrected chi connectivity index (χ0v) is 22.8. The number of anilines is 1. The number of benzene rings is 3. The molecule has 0 radical (unpaired) electrons. The van der Waals surface area contributed by atoms with Gasteiger partial charge >= 0.3 is 0 Å². The largest absolute Gasteiger partial charge is 0.496 e. The molecule has 4 aromatic rings. The minimum atomic E-state index is -2.24. The van der Waals surface area contributed by atoms with Crippen molar-refractivity contribution in [1.29, 1.82) is 0 Å². The third kappa shape index (κ3) is 6.51. The summed E-state index contributed by atoms with van der Waals surface area (Å²) in [6.07, 6.45) is 2.83. The Morgan fingerprint density at radius 2 is 1.61 bits per heavy atom. The highest BCUT2D eigenvalue weighted by molar-refractivity contribution is 6.30. The normalized spacial score (nSPS) is 11.2. The Morgan fingerprint density at radius 1 is 0.976 bits per heavy atom. The summed E-state index contributed by atoms with van der Waals surface area (Å²) in [7, 11) is 1.53. The Morgan fingerprint density at radius 3 is 2.24 bits per heavy atom. The summed E-state index contributed by atoms with van der Waals surface area (Å²) in [5.74, 6) is -9.55. The van der Waals surface area contributed by atoms with Crippen LogP contribution in [0.3, 0.4) is 0 Å². The number of rotatable bonds is 9. The van der Waals surface area contributed by atoms with Crippen molar-refractivity contribution in [2.45, 2.75) is 27.0 Å². The van der Waals surface area contributed by atoms with Gasteiger partial charge in [0.25, 0.3) is 0 Å². The van der Waals surface area contributed by atoms with Crippen LogP contribution < -0.4 is 14.8 Å². The van der Waals surface area contributed by atoms with E-state index >= 15 is 0 Å². The average Bonchev–Trinajstić information content (AvgIpc) is 3.23. The van der Waals surface area contributed by atoms with Crippen LogP contribution in [0, 0.1) is 42.9 Å². The number of amides is 1. The van der Waals surface area contributed by atoms with Gasteiger partial charge in [-0.2, -0.15) is 5.10 Å². The molecule has 1 N–H and O–H groups in total. The molecule has 0 unspecified atom stereocenters. The van der Waals surface area contributed by atoms with E-state index in [9.17, 15) is 26.7 Å². The van der Waals surface area contributed by atoms with Crippen molar-refractivity contribution >= 4 is 29.3 Å². The van der Waals surface area contributed by atoms with Gasteiger partial charge in [0.2, 0.25) is 11.7 Å². The molecule has 4 rings (SSSR count). The molecule has 1 heterocycles. The lowest BCUT2D eigenvalue weighted by molar-refractivity contribution is -0.111. The predicted octanol–water partition coefficient (Wildman–Crippen LogP) is 7.14. The Hall–Kier alpha value is -4.38. The fraction of sp³-hybridized carbons (Fsp3) is 0.172. The van der Waals surface area contributed by atoms with Gasteiger partial charge in [-0.05, 0) is 61.9 Å². The maximum Gasteiger partial charge on any atom is 0.248 e. The Kier molecular flexibility index (Phi) is 8.97. The number of carbonyl (C=O) groups is 1. The molecular weight excluding hydrogens is 569 g/mol. The van der Waals surface area contributed by atoms with E-state index in [0.29, 0.717) is 22.1 Å². The van der Waals surface area contributed by atoms with E-state index in [1.54, 1.807) is 48.5 Å². The van der Waals surface area contributed by atoms with Gasteiger partial charge in [-0.15, -0.1) is 0 Å². The van der Waals surface area contributed by atoms with Crippen LogP contribution in [0.4, 0.5) is 27.6 Å². The van der Waals surface area contributed by atoms with Gasteiger partial charge in [0, 0.05) is 16.7 Å². The number of carbonyl (C=O) groups excluding carboxylic acids is 1. The molecule has 0 bridgehead atoms. The van der Waals surface area contributed by atoms with E-state index in [1.165, 1.54) is 27.0 Å². The first-order valence-corrected chi connectivity index (χ1v) is 12.5. The van der Waals surface area contributed by atoms with Crippen LogP contribution in [0.25, 0.3) is 6.08 Å². The molecule has 0 aliphatic carbocycles. The fourth-order valence-electron chi connectivity index (χ4n) is 4.01. The number of halogens is 6. The molecular formula is C29H23ClF5N3O3. The number of hydrogen-bond acceptors (Lipinski definition) is 4. The lowest BCUT2D eigenvalue weighted by Gasteiger charge is -2.11. The third-order valence-corrected chi connectivity index (χ3v) is 6.43. The van der Waals surface area contributed by atoms with E-state index in [2.05, 4.69) is 10.4 Å². The first-order chi connectivity index (χ1) is 19.5. The maximum absolute atomic E-state index is 14.2. The van der Waals surface area contributed by atoms with Gasteiger partial charge in [-0.3, -0.25) is 9.48 Å². The number of ether oxygens (including phenoxy) is 2. The molecule has 0 atom stereocenters. The van der Waals surface area contributed by atoms with Crippen LogP contribution in [0.15, 0.2) is 48.5 Å². The molecule has 0 saturated carbocycles. The lowest BCUT2D eigenvalue weighted by atomic mass is 10.1. The number of nitrogens with zero attached hydrogens (tertiary/aromatic N) is 2. The first kappa shape index (κ1) is 29.6. The van der Waals surface area contributed by atoms with Crippen molar-refractivity contribution in [2.24, 2.45) is 0 Å². The van der Waals surface area contributed by atoms with E-state index in [0.717, 1.165) is 10.2 Å². The monoisotopic (exact) mass is 591 g/mol. The first-order valence-electron chi connectivity index (χ1n) is 12.1. The second-order valence-corrected chi connectivity index (χ2v) is 9.32. The molecule has 0 aliphatic heterocycles. The molecule has 41 heavy (non-hydrogen) atoms. The third-order valence-electron chi connectivity index (χ3n) is 6.18. The molecule has 1 amide bonds. The van der Waals surface area contributed by atoms with Gasteiger partial charge in [0.05, 0.1) is 36.3 Å².